The summed E-state index contributed by atoms with van der Waals surface area (Å²) in [4.78, 5) is 36.8. The molecule has 0 aromatic heterocycles. The minimum absolute atomic E-state index is 0.0149. The molecule has 4 fully saturated rings. The Balaban J connectivity index is 1.10. The van der Waals surface area contributed by atoms with Gasteiger partial charge in [-0.3, -0.25) is 9.59 Å². The Morgan fingerprint density at radius 1 is 0.676 bits per heavy atom. The summed E-state index contributed by atoms with van der Waals surface area (Å²) in [6.07, 6.45) is 8.20. The monoisotopic (exact) mass is 494 g/mol. The molecule has 37 heavy (non-hydrogen) atoms. The summed E-state index contributed by atoms with van der Waals surface area (Å²) in [5.41, 5.74) is 3.51. The first-order valence-corrected chi connectivity index (χ1v) is 13.0. The predicted molar refractivity (Wildman–Crippen MR) is 142 cm³/mol. The van der Waals surface area contributed by atoms with Gasteiger partial charge in [0, 0.05) is 16.8 Å². The number of hydrogen-bond donors (Lipinski definition) is 3. The molecule has 6 heteroatoms. The van der Waals surface area contributed by atoms with Gasteiger partial charge in [-0.25, -0.2) is 4.79 Å². The number of carbonyl (C=O) groups is 3. The molecule has 188 valence electrons. The molecule has 0 spiro atoms. The van der Waals surface area contributed by atoms with Gasteiger partial charge >= 0.3 is 5.97 Å². The van der Waals surface area contributed by atoms with Gasteiger partial charge in [-0.1, -0.05) is 24.3 Å². The molecule has 0 aliphatic heterocycles. The van der Waals surface area contributed by atoms with Gasteiger partial charge in [0.25, 0.3) is 11.8 Å². The number of nitrogens with one attached hydrogen (secondary N) is 2. The van der Waals surface area contributed by atoms with E-state index in [2.05, 4.69) is 22.8 Å². The zero-order chi connectivity index (χ0) is 25.6. The van der Waals surface area contributed by atoms with Crippen LogP contribution in [-0.4, -0.2) is 22.9 Å². The molecular formula is C31H30N2O4. The van der Waals surface area contributed by atoms with Gasteiger partial charge in [-0.15, -0.1) is 0 Å². The first-order valence-electron chi connectivity index (χ1n) is 13.0. The molecule has 4 aliphatic rings. The van der Waals surface area contributed by atoms with Crippen LogP contribution in [0.2, 0.25) is 0 Å². The second-order valence-corrected chi connectivity index (χ2v) is 11.1. The Hall–Kier alpha value is -3.93. The van der Waals surface area contributed by atoms with Gasteiger partial charge in [0.1, 0.15) is 0 Å². The van der Waals surface area contributed by atoms with Gasteiger partial charge in [0.2, 0.25) is 0 Å². The average molecular weight is 495 g/mol. The highest BCUT2D eigenvalue weighted by Gasteiger charge is 2.51. The Bertz CT molecular complexity index is 1330. The summed E-state index contributed by atoms with van der Waals surface area (Å²) in [5.74, 6) is 0.869. The van der Waals surface area contributed by atoms with Gasteiger partial charge in [-0.2, -0.15) is 0 Å². The largest absolute Gasteiger partial charge is 0.478 e. The van der Waals surface area contributed by atoms with Crippen molar-refractivity contribution in [2.75, 3.05) is 10.6 Å². The Morgan fingerprint density at radius 2 is 1.19 bits per heavy atom. The lowest BCUT2D eigenvalue weighted by Crippen LogP contribution is -2.48. The topological polar surface area (TPSA) is 95.5 Å². The van der Waals surface area contributed by atoms with Crippen LogP contribution in [0.1, 0.15) is 75.2 Å². The fourth-order valence-electron chi connectivity index (χ4n) is 7.32. The summed E-state index contributed by atoms with van der Waals surface area (Å²) in [6, 6.07) is 21.0. The van der Waals surface area contributed by atoms with Crippen molar-refractivity contribution in [3.05, 3.63) is 95.1 Å². The van der Waals surface area contributed by atoms with Crippen LogP contribution in [-0.2, 0) is 5.41 Å². The SMILES string of the molecule is O=C(Nc1ccc(C23CC4CC(CC(C4)C2)C3)cc1)c1ccc(C(=O)Nc2ccccc2C(=O)O)cc1. The molecule has 0 radical (unpaired) electrons. The van der Waals surface area contributed by atoms with Crippen LogP contribution in [0.15, 0.2) is 72.8 Å². The highest BCUT2D eigenvalue weighted by molar-refractivity contribution is 6.09. The molecule has 3 N–H and O–H groups in total. The van der Waals surface area contributed by atoms with E-state index >= 15 is 0 Å². The van der Waals surface area contributed by atoms with Crippen molar-refractivity contribution in [1.29, 1.82) is 0 Å². The van der Waals surface area contributed by atoms with E-state index in [4.69, 9.17) is 0 Å². The number of aromatic carboxylic acids is 1. The van der Waals surface area contributed by atoms with Crippen molar-refractivity contribution in [3.8, 4) is 0 Å². The van der Waals surface area contributed by atoms with E-state index in [1.165, 1.54) is 56.2 Å². The van der Waals surface area contributed by atoms with Crippen LogP contribution in [0.25, 0.3) is 0 Å². The van der Waals surface area contributed by atoms with E-state index in [0.717, 1.165) is 23.4 Å². The van der Waals surface area contributed by atoms with Gasteiger partial charge in [0.15, 0.2) is 0 Å². The standard InChI is InChI=1S/C31H30N2O4/c34-28(22-5-7-23(8-6-22)29(35)33-27-4-2-1-3-26(27)30(36)37)32-25-11-9-24(10-12-25)31-16-19-13-20(17-31)15-21(14-19)18-31/h1-12,19-21H,13-18H2,(H,32,34)(H,33,35)(H,36,37). The number of carboxylic acids is 1. The molecule has 3 aromatic rings. The highest BCUT2D eigenvalue weighted by Crippen LogP contribution is 2.60. The quantitative estimate of drug-likeness (QED) is 0.372. The number of carbonyl (C=O) groups excluding carboxylic acids is 2. The second-order valence-electron chi connectivity index (χ2n) is 11.1. The molecule has 2 amide bonds. The third kappa shape index (κ3) is 4.52. The van der Waals surface area contributed by atoms with Crippen LogP contribution in [0, 0.1) is 17.8 Å². The molecule has 4 aliphatic carbocycles. The predicted octanol–water partition coefficient (Wildman–Crippen LogP) is 6.36. The van der Waals surface area contributed by atoms with Gasteiger partial charge in [-0.05, 0) is 116 Å². The fraction of sp³-hybridized carbons (Fsp3) is 0.323. The Kier molecular flexibility index (Phi) is 5.82. The molecule has 0 atom stereocenters. The molecule has 0 heterocycles. The highest BCUT2D eigenvalue weighted by atomic mass is 16.4. The smallest absolute Gasteiger partial charge is 0.337 e. The maximum absolute atomic E-state index is 12.8. The average Bonchev–Trinajstić information content (AvgIpc) is 2.88. The number of rotatable bonds is 6. The van der Waals surface area contributed by atoms with Crippen molar-refractivity contribution < 1.29 is 19.5 Å². The summed E-state index contributed by atoms with van der Waals surface area (Å²) in [7, 11) is 0. The van der Waals surface area contributed by atoms with Crippen molar-refractivity contribution in [2.45, 2.75) is 43.9 Å². The van der Waals surface area contributed by atoms with E-state index in [1.807, 2.05) is 12.1 Å². The maximum atomic E-state index is 12.8. The number of benzene rings is 3. The molecule has 3 aromatic carbocycles. The van der Waals surface area contributed by atoms with Crippen LogP contribution in [0.3, 0.4) is 0 Å². The number of hydrogen-bond acceptors (Lipinski definition) is 3. The zero-order valence-electron chi connectivity index (χ0n) is 20.6. The van der Waals surface area contributed by atoms with Crippen molar-refractivity contribution in [1.82, 2.24) is 0 Å². The first-order chi connectivity index (χ1) is 17.9. The number of para-hydroxylation sites is 1. The fourth-order valence-corrected chi connectivity index (χ4v) is 7.32. The van der Waals surface area contributed by atoms with Gasteiger partial charge < -0.3 is 15.7 Å². The molecule has 6 nitrogen and oxygen atoms in total. The lowest BCUT2D eigenvalue weighted by Gasteiger charge is -2.57. The lowest BCUT2D eigenvalue weighted by atomic mass is 9.48. The molecular weight excluding hydrogens is 464 g/mol. The van der Waals surface area contributed by atoms with E-state index in [0.29, 0.717) is 16.5 Å². The number of carboxylic acid groups (broad SMARTS) is 1. The minimum atomic E-state index is -1.12. The van der Waals surface area contributed by atoms with E-state index in [9.17, 15) is 19.5 Å². The van der Waals surface area contributed by atoms with Crippen molar-refractivity contribution in [3.63, 3.8) is 0 Å². The Morgan fingerprint density at radius 3 is 1.73 bits per heavy atom. The third-order valence-corrected chi connectivity index (χ3v) is 8.61. The van der Waals surface area contributed by atoms with Crippen LogP contribution in [0.5, 0.6) is 0 Å². The molecule has 7 rings (SSSR count). The molecule has 4 bridgehead atoms. The molecule has 4 saturated carbocycles. The summed E-state index contributed by atoms with van der Waals surface area (Å²) < 4.78 is 0. The van der Waals surface area contributed by atoms with Gasteiger partial charge in [0.05, 0.1) is 11.3 Å². The summed E-state index contributed by atoms with van der Waals surface area (Å²) in [5, 5.41) is 14.9. The Labute approximate surface area is 216 Å². The lowest BCUT2D eigenvalue weighted by molar-refractivity contribution is -0.00518. The van der Waals surface area contributed by atoms with Crippen LogP contribution in [0.4, 0.5) is 11.4 Å². The number of anilines is 2. The zero-order valence-corrected chi connectivity index (χ0v) is 20.6. The van der Waals surface area contributed by atoms with E-state index in [1.54, 1.807) is 36.4 Å². The summed E-state index contributed by atoms with van der Waals surface area (Å²) >= 11 is 0. The normalized spacial score (nSPS) is 25.5. The molecule has 0 saturated heterocycles. The maximum Gasteiger partial charge on any atom is 0.337 e. The second kappa shape index (κ2) is 9.18. The van der Waals surface area contributed by atoms with E-state index in [-0.39, 0.29) is 17.2 Å². The molecule has 0 unspecified atom stereocenters. The summed E-state index contributed by atoms with van der Waals surface area (Å²) in [6.45, 7) is 0. The third-order valence-electron chi connectivity index (χ3n) is 8.61. The minimum Gasteiger partial charge on any atom is -0.478 e. The number of amides is 2. The first kappa shape index (κ1) is 23.5. The van der Waals surface area contributed by atoms with Crippen molar-refractivity contribution in [2.24, 2.45) is 17.8 Å². The van der Waals surface area contributed by atoms with E-state index < -0.39 is 11.9 Å². The van der Waals surface area contributed by atoms with Crippen molar-refractivity contribution >= 4 is 29.2 Å². The van der Waals surface area contributed by atoms with Crippen LogP contribution >= 0.6 is 0 Å². The van der Waals surface area contributed by atoms with Crippen LogP contribution < -0.4 is 10.6 Å².